The summed E-state index contributed by atoms with van der Waals surface area (Å²) < 4.78 is 0. The van der Waals surface area contributed by atoms with Crippen molar-refractivity contribution in [2.75, 3.05) is 10.6 Å². The summed E-state index contributed by atoms with van der Waals surface area (Å²) in [5.74, 6) is -0.499. The summed E-state index contributed by atoms with van der Waals surface area (Å²) in [6.45, 7) is 3.88. The van der Waals surface area contributed by atoms with Gasteiger partial charge in [0, 0.05) is 16.1 Å². The van der Waals surface area contributed by atoms with Crippen LogP contribution in [0.15, 0.2) is 66.7 Å². The predicted molar refractivity (Wildman–Crippen MR) is 110 cm³/mol. The number of nitrogens with one attached hydrogen (secondary N) is 2. The summed E-state index contributed by atoms with van der Waals surface area (Å²) in [5, 5.41) is 6.27. The van der Waals surface area contributed by atoms with E-state index < -0.39 is 0 Å². The Balaban J connectivity index is 1.80. The highest BCUT2D eigenvalue weighted by molar-refractivity contribution is 6.30. The molecule has 3 aromatic rings. The minimum absolute atomic E-state index is 0.222. The number of amides is 2. The van der Waals surface area contributed by atoms with E-state index in [2.05, 4.69) is 10.6 Å². The molecular formula is C22H19ClN2O2. The average Bonchev–Trinajstić information content (AvgIpc) is 2.63. The molecule has 3 aromatic carbocycles. The summed E-state index contributed by atoms with van der Waals surface area (Å²) in [6.07, 6.45) is 0. The third-order valence-corrected chi connectivity index (χ3v) is 4.41. The largest absolute Gasteiger partial charge is 0.320 e. The van der Waals surface area contributed by atoms with Crippen LogP contribution in [0, 0.1) is 13.8 Å². The molecule has 2 N–H and O–H groups in total. The van der Waals surface area contributed by atoms with Crippen LogP contribution < -0.4 is 10.6 Å². The van der Waals surface area contributed by atoms with Gasteiger partial charge in [0.15, 0.2) is 0 Å². The van der Waals surface area contributed by atoms with E-state index in [9.17, 15) is 9.59 Å². The van der Waals surface area contributed by atoms with Crippen molar-refractivity contribution >= 4 is 34.8 Å². The SMILES string of the molecule is Cc1ccc(C(=O)Nc2ccccc2NC(=O)c2ccc(Cl)cc2)c(C)c1. The summed E-state index contributed by atoms with van der Waals surface area (Å²) >= 11 is 5.86. The molecule has 0 bridgehead atoms. The first-order chi connectivity index (χ1) is 12.9. The first-order valence-corrected chi connectivity index (χ1v) is 8.86. The lowest BCUT2D eigenvalue weighted by atomic mass is 10.1. The number of anilines is 2. The number of rotatable bonds is 4. The van der Waals surface area contributed by atoms with Crippen LogP contribution in [-0.2, 0) is 0 Å². The van der Waals surface area contributed by atoms with Crippen molar-refractivity contribution in [1.29, 1.82) is 0 Å². The van der Waals surface area contributed by atoms with E-state index >= 15 is 0 Å². The maximum Gasteiger partial charge on any atom is 0.255 e. The van der Waals surface area contributed by atoms with Crippen molar-refractivity contribution in [3.05, 3.63) is 94.0 Å². The summed E-state index contributed by atoms with van der Waals surface area (Å²) in [5.41, 5.74) is 4.13. The molecule has 136 valence electrons. The van der Waals surface area contributed by atoms with E-state index in [1.807, 2.05) is 26.0 Å². The Hall–Kier alpha value is -3.11. The smallest absolute Gasteiger partial charge is 0.255 e. The van der Waals surface area contributed by atoms with Crippen LogP contribution in [-0.4, -0.2) is 11.8 Å². The number of carbonyl (C=O) groups excluding carboxylic acids is 2. The van der Waals surface area contributed by atoms with Gasteiger partial charge in [0.05, 0.1) is 11.4 Å². The van der Waals surface area contributed by atoms with Crippen molar-refractivity contribution in [2.24, 2.45) is 0 Å². The third kappa shape index (κ3) is 4.54. The quantitative estimate of drug-likeness (QED) is 0.633. The topological polar surface area (TPSA) is 58.2 Å². The zero-order valence-corrected chi connectivity index (χ0v) is 15.8. The van der Waals surface area contributed by atoms with E-state index in [1.54, 1.807) is 54.6 Å². The fourth-order valence-electron chi connectivity index (χ4n) is 2.75. The van der Waals surface area contributed by atoms with Gasteiger partial charge < -0.3 is 10.6 Å². The second-order valence-electron chi connectivity index (χ2n) is 6.28. The molecule has 0 saturated carbocycles. The lowest BCUT2D eigenvalue weighted by Crippen LogP contribution is -2.17. The summed E-state index contributed by atoms with van der Waals surface area (Å²) in [6, 6.07) is 19.4. The van der Waals surface area contributed by atoms with E-state index in [0.717, 1.165) is 11.1 Å². The van der Waals surface area contributed by atoms with Gasteiger partial charge >= 0.3 is 0 Å². The zero-order valence-electron chi connectivity index (χ0n) is 15.0. The average molecular weight is 379 g/mol. The molecule has 0 heterocycles. The molecule has 5 heteroatoms. The molecule has 0 fully saturated rings. The van der Waals surface area contributed by atoms with Gasteiger partial charge in [0.2, 0.25) is 0 Å². The van der Waals surface area contributed by atoms with E-state index in [4.69, 9.17) is 11.6 Å². The lowest BCUT2D eigenvalue weighted by molar-refractivity contribution is 0.101. The van der Waals surface area contributed by atoms with Crippen LogP contribution >= 0.6 is 11.6 Å². The molecule has 2 amide bonds. The monoisotopic (exact) mass is 378 g/mol. The highest BCUT2D eigenvalue weighted by atomic mass is 35.5. The molecule has 0 radical (unpaired) electrons. The number of halogens is 1. The number of para-hydroxylation sites is 2. The van der Waals surface area contributed by atoms with E-state index in [-0.39, 0.29) is 11.8 Å². The molecule has 0 spiro atoms. The Labute approximate surface area is 163 Å². The van der Waals surface area contributed by atoms with E-state index in [1.165, 1.54) is 0 Å². The van der Waals surface area contributed by atoms with Crippen molar-refractivity contribution < 1.29 is 9.59 Å². The molecule has 0 aromatic heterocycles. The molecule has 4 nitrogen and oxygen atoms in total. The minimum Gasteiger partial charge on any atom is -0.320 e. The molecule has 27 heavy (non-hydrogen) atoms. The molecule has 0 aliphatic carbocycles. The second kappa shape index (κ2) is 8.06. The highest BCUT2D eigenvalue weighted by Gasteiger charge is 2.13. The van der Waals surface area contributed by atoms with Gasteiger partial charge in [-0.25, -0.2) is 0 Å². The predicted octanol–water partition coefficient (Wildman–Crippen LogP) is 5.46. The van der Waals surface area contributed by atoms with Gasteiger partial charge in [-0.2, -0.15) is 0 Å². The fourth-order valence-corrected chi connectivity index (χ4v) is 2.88. The van der Waals surface area contributed by atoms with Crippen molar-refractivity contribution in [3.8, 4) is 0 Å². The normalized spacial score (nSPS) is 10.3. The zero-order chi connectivity index (χ0) is 19.4. The van der Waals surface area contributed by atoms with Gasteiger partial charge in [-0.1, -0.05) is 41.4 Å². The maximum atomic E-state index is 12.7. The minimum atomic E-state index is -0.278. The summed E-state index contributed by atoms with van der Waals surface area (Å²) in [4.78, 5) is 25.1. The van der Waals surface area contributed by atoms with Crippen molar-refractivity contribution in [3.63, 3.8) is 0 Å². The number of benzene rings is 3. The van der Waals surface area contributed by atoms with Crippen molar-refractivity contribution in [2.45, 2.75) is 13.8 Å². The van der Waals surface area contributed by atoms with Gasteiger partial charge in [0.25, 0.3) is 11.8 Å². The Morgan fingerprint density at radius 2 is 1.37 bits per heavy atom. The lowest BCUT2D eigenvalue weighted by Gasteiger charge is -2.13. The fraction of sp³-hybridized carbons (Fsp3) is 0.0909. The van der Waals surface area contributed by atoms with E-state index in [0.29, 0.717) is 27.5 Å². The van der Waals surface area contributed by atoms with Crippen LogP contribution in [0.2, 0.25) is 5.02 Å². The van der Waals surface area contributed by atoms with Crippen LogP contribution in [0.5, 0.6) is 0 Å². The molecule has 0 saturated heterocycles. The molecular weight excluding hydrogens is 360 g/mol. The first kappa shape index (κ1) is 18.7. The van der Waals surface area contributed by atoms with Gasteiger partial charge in [-0.3, -0.25) is 9.59 Å². The Bertz CT molecular complexity index is 997. The standard InChI is InChI=1S/C22H19ClN2O2/c1-14-7-12-18(15(2)13-14)22(27)25-20-6-4-3-5-19(20)24-21(26)16-8-10-17(23)11-9-16/h3-13H,1-2H3,(H,24,26)(H,25,27). The second-order valence-corrected chi connectivity index (χ2v) is 6.72. The van der Waals surface area contributed by atoms with Crippen LogP contribution in [0.25, 0.3) is 0 Å². The number of aryl methyl sites for hydroxylation is 2. The van der Waals surface area contributed by atoms with Gasteiger partial charge in [0.1, 0.15) is 0 Å². The molecule has 3 rings (SSSR count). The Morgan fingerprint density at radius 3 is 1.96 bits per heavy atom. The number of carbonyl (C=O) groups is 2. The molecule has 0 atom stereocenters. The highest BCUT2D eigenvalue weighted by Crippen LogP contribution is 2.23. The Morgan fingerprint density at radius 1 is 0.778 bits per heavy atom. The third-order valence-electron chi connectivity index (χ3n) is 4.16. The molecule has 0 unspecified atom stereocenters. The van der Waals surface area contributed by atoms with Crippen LogP contribution in [0.4, 0.5) is 11.4 Å². The molecule has 0 aliphatic rings. The first-order valence-electron chi connectivity index (χ1n) is 8.48. The van der Waals surface area contributed by atoms with Crippen LogP contribution in [0.3, 0.4) is 0 Å². The Kier molecular flexibility index (Phi) is 5.57. The van der Waals surface area contributed by atoms with Crippen LogP contribution in [0.1, 0.15) is 31.8 Å². The van der Waals surface area contributed by atoms with Crippen molar-refractivity contribution in [1.82, 2.24) is 0 Å². The maximum absolute atomic E-state index is 12.7. The number of hydrogen-bond donors (Lipinski definition) is 2. The van der Waals surface area contributed by atoms with Gasteiger partial charge in [-0.05, 0) is 61.9 Å². The molecule has 0 aliphatic heterocycles. The number of hydrogen-bond acceptors (Lipinski definition) is 2. The summed E-state index contributed by atoms with van der Waals surface area (Å²) in [7, 11) is 0. The van der Waals surface area contributed by atoms with Gasteiger partial charge in [-0.15, -0.1) is 0 Å².